The van der Waals surface area contributed by atoms with Crippen molar-refractivity contribution in [3.63, 3.8) is 0 Å². The summed E-state index contributed by atoms with van der Waals surface area (Å²) in [5, 5.41) is 15.2. The first-order valence-corrected chi connectivity index (χ1v) is 10.1. The van der Waals surface area contributed by atoms with Crippen molar-refractivity contribution in [1.29, 1.82) is 0 Å². The number of para-hydroxylation sites is 2. The Morgan fingerprint density at radius 1 is 1.08 bits per heavy atom. The third-order valence-corrected chi connectivity index (χ3v) is 5.76. The molecule has 0 atom stereocenters. The molecule has 2 N–H and O–H groups in total. The molecule has 1 aromatic heterocycles. The van der Waals surface area contributed by atoms with Crippen LogP contribution in [-0.2, 0) is 11.2 Å². The molecule has 1 amide bonds. The number of amides is 1. The Balaban J connectivity index is 1.54. The van der Waals surface area contributed by atoms with Crippen LogP contribution in [0.5, 0.6) is 0 Å². The van der Waals surface area contributed by atoms with E-state index in [4.69, 9.17) is 0 Å². The second-order valence-corrected chi connectivity index (χ2v) is 7.86. The topological polar surface area (TPSA) is 66.9 Å². The van der Waals surface area contributed by atoms with Gasteiger partial charge >= 0.3 is 0 Å². The maximum Gasteiger partial charge on any atom is 0.234 e. The molecule has 0 aliphatic heterocycles. The molecular weight excluding hydrogens is 364 g/mol. The van der Waals surface area contributed by atoms with Crippen LogP contribution in [-0.4, -0.2) is 21.9 Å². The van der Waals surface area contributed by atoms with Crippen molar-refractivity contribution in [3.8, 4) is 0 Å². The minimum absolute atomic E-state index is 0.0421. The molecule has 3 aromatic rings. The van der Waals surface area contributed by atoms with Crippen LogP contribution < -0.4 is 10.6 Å². The summed E-state index contributed by atoms with van der Waals surface area (Å²) in [7, 11) is 0. The summed E-state index contributed by atoms with van der Waals surface area (Å²) >= 11 is 2.83. The molecule has 0 unspecified atom stereocenters. The molecule has 0 bridgehead atoms. The standard InChI is InChI=1S/C19H20N4OS2/c1-3-14-9-5-7-11-16(14)20-17(24)12-25-19-23-22-18(26-19)21-15-10-6-4-8-13(15)2/h4-11H,3,12H2,1-2H3,(H,20,24)(H,21,22). The summed E-state index contributed by atoms with van der Waals surface area (Å²) in [5.41, 5.74) is 4.16. The van der Waals surface area contributed by atoms with Gasteiger partial charge in [-0.15, -0.1) is 10.2 Å². The van der Waals surface area contributed by atoms with Gasteiger partial charge in [0.25, 0.3) is 0 Å². The Labute approximate surface area is 161 Å². The summed E-state index contributed by atoms with van der Waals surface area (Å²) in [5.74, 6) is 0.261. The lowest BCUT2D eigenvalue weighted by atomic mass is 10.1. The van der Waals surface area contributed by atoms with E-state index in [1.54, 1.807) is 0 Å². The maximum absolute atomic E-state index is 12.2. The first kappa shape index (κ1) is 18.4. The third kappa shape index (κ3) is 4.83. The number of aromatic nitrogens is 2. The molecule has 7 heteroatoms. The Morgan fingerprint density at radius 3 is 2.58 bits per heavy atom. The van der Waals surface area contributed by atoms with Gasteiger partial charge in [-0.05, 0) is 36.6 Å². The second-order valence-electron chi connectivity index (χ2n) is 5.66. The average Bonchev–Trinajstić information content (AvgIpc) is 3.10. The van der Waals surface area contributed by atoms with Crippen LogP contribution in [0.2, 0.25) is 0 Å². The highest BCUT2D eigenvalue weighted by Crippen LogP contribution is 2.28. The zero-order valence-electron chi connectivity index (χ0n) is 14.7. The Kier molecular flexibility index (Phi) is 6.25. The SMILES string of the molecule is CCc1ccccc1NC(=O)CSc1nnc(Nc2ccccc2C)s1. The quantitative estimate of drug-likeness (QED) is 0.568. The van der Waals surface area contributed by atoms with Crippen molar-refractivity contribution in [1.82, 2.24) is 10.2 Å². The molecule has 0 aliphatic carbocycles. The van der Waals surface area contributed by atoms with Crippen LogP contribution in [0.1, 0.15) is 18.1 Å². The summed E-state index contributed by atoms with van der Waals surface area (Å²) in [4.78, 5) is 12.2. The van der Waals surface area contributed by atoms with E-state index in [1.807, 2.05) is 55.5 Å². The highest BCUT2D eigenvalue weighted by molar-refractivity contribution is 8.01. The van der Waals surface area contributed by atoms with Crippen molar-refractivity contribution in [2.45, 2.75) is 24.6 Å². The normalized spacial score (nSPS) is 10.5. The molecule has 0 spiro atoms. The van der Waals surface area contributed by atoms with Crippen LogP contribution >= 0.6 is 23.1 Å². The molecule has 0 fully saturated rings. The number of aryl methyl sites for hydroxylation is 2. The van der Waals surface area contributed by atoms with E-state index < -0.39 is 0 Å². The number of nitrogens with zero attached hydrogens (tertiary/aromatic N) is 2. The van der Waals surface area contributed by atoms with Gasteiger partial charge in [0, 0.05) is 11.4 Å². The van der Waals surface area contributed by atoms with Crippen LogP contribution in [0.4, 0.5) is 16.5 Å². The number of carbonyl (C=O) groups is 1. The first-order valence-electron chi connectivity index (χ1n) is 8.32. The van der Waals surface area contributed by atoms with Crippen molar-refractivity contribution >= 4 is 45.5 Å². The number of nitrogens with one attached hydrogen (secondary N) is 2. The van der Waals surface area contributed by atoms with E-state index >= 15 is 0 Å². The summed E-state index contributed by atoms with van der Waals surface area (Å²) in [6.07, 6.45) is 0.883. The highest BCUT2D eigenvalue weighted by atomic mass is 32.2. The van der Waals surface area contributed by atoms with E-state index in [-0.39, 0.29) is 5.91 Å². The fourth-order valence-electron chi connectivity index (χ4n) is 2.41. The van der Waals surface area contributed by atoms with Gasteiger partial charge in [-0.1, -0.05) is 66.4 Å². The van der Waals surface area contributed by atoms with Gasteiger partial charge in [0.05, 0.1) is 5.75 Å². The number of anilines is 3. The predicted molar refractivity (Wildman–Crippen MR) is 110 cm³/mol. The zero-order valence-corrected chi connectivity index (χ0v) is 16.3. The minimum Gasteiger partial charge on any atom is -0.330 e. The fraction of sp³-hybridized carbons (Fsp3) is 0.211. The second kappa shape index (κ2) is 8.82. The van der Waals surface area contributed by atoms with E-state index in [0.29, 0.717) is 5.75 Å². The number of benzene rings is 2. The lowest BCUT2D eigenvalue weighted by molar-refractivity contribution is -0.113. The van der Waals surface area contributed by atoms with Gasteiger partial charge in [-0.2, -0.15) is 0 Å². The molecule has 1 heterocycles. The first-order chi connectivity index (χ1) is 12.7. The molecule has 26 heavy (non-hydrogen) atoms. The lowest BCUT2D eigenvalue weighted by Gasteiger charge is -2.08. The highest BCUT2D eigenvalue weighted by Gasteiger charge is 2.10. The summed E-state index contributed by atoms with van der Waals surface area (Å²) in [6, 6.07) is 15.9. The van der Waals surface area contributed by atoms with Gasteiger partial charge in [0.1, 0.15) is 0 Å². The molecular formula is C19H20N4OS2. The zero-order chi connectivity index (χ0) is 18.4. The van der Waals surface area contributed by atoms with E-state index in [0.717, 1.165) is 38.4 Å². The average molecular weight is 385 g/mol. The van der Waals surface area contributed by atoms with Gasteiger partial charge in [-0.3, -0.25) is 4.79 Å². The molecule has 0 aliphatic rings. The lowest BCUT2D eigenvalue weighted by Crippen LogP contribution is -2.15. The Morgan fingerprint density at radius 2 is 1.81 bits per heavy atom. The number of rotatable bonds is 7. The largest absolute Gasteiger partial charge is 0.330 e. The van der Waals surface area contributed by atoms with Gasteiger partial charge < -0.3 is 10.6 Å². The number of carbonyl (C=O) groups excluding carboxylic acids is 1. The molecule has 5 nitrogen and oxygen atoms in total. The molecule has 0 saturated carbocycles. The smallest absolute Gasteiger partial charge is 0.234 e. The number of thioether (sulfide) groups is 1. The van der Waals surface area contributed by atoms with Gasteiger partial charge in [0.15, 0.2) is 4.34 Å². The molecule has 3 rings (SSSR count). The molecule has 134 valence electrons. The van der Waals surface area contributed by atoms with E-state index in [9.17, 15) is 4.79 Å². The Hall–Kier alpha value is -2.38. The van der Waals surface area contributed by atoms with Crippen LogP contribution in [0.25, 0.3) is 0 Å². The summed E-state index contributed by atoms with van der Waals surface area (Å²) in [6.45, 7) is 4.11. The monoisotopic (exact) mass is 384 g/mol. The van der Waals surface area contributed by atoms with Crippen molar-refractivity contribution in [3.05, 3.63) is 59.7 Å². The molecule has 2 aromatic carbocycles. The fourth-order valence-corrected chi connectivity index (χ4v) is 3.98. The third-order valence-electron chi connectivity index (χ3n) is 3.79. The van der Waals surface area contributed by atoms with Crippen LogP contribution in [0, 0.1) is 6.92 Å². The molecule has 0 saturated heterocycles. The number of hydrogen-bond donors (Lipinski definition) is 2. The van der Waals surface area contributed by atoms with Crippen LogP contribution in [0.3, 0.4) is 0 Å². The van der Waals surface area contributed by atoms with Crippen molar-refractivity contribution < 1.29 is 4.79 Å². The van der Waals surface area contributed by atoms with Crippen LogP contribution in [0.15, 0.2) is 52.9 Å². The summed E-state index contributed by atoms with van der Waals surface area (Å²) < 4.78 is 0.764. The van der Waals surface area contributed by atoms with Gasteiger partial charge in [-0.25, -0.2) is 0 Å². The molecule has 0 radical (unpaired) electrons. The number of hydrogen-bond acceptors (Lipinski definition) is 6. The maximum atomic E-state index is 12.2. The Bertz CT molecular complexity index is 895. The minimum atomic E-state index is -0.0421. The van der Waals surface area contributed by atoms with Gasteiger partial charge in [0.2, 0.25) is 11.0 Å². The van der Waals surface area contributed by atoms with Crippen molar-refractivity contribution in [2.24, 2.45) is 0 Å². The van der Waals surface area contributed by atoms with Crippen molar-refractivity contribution in [2.75, 3.05) is 16.4 Å². The van der Waals surface area contributed by atoms with E-state index in [2.05, 4.69) is 27.8 Å². The van der Waals surface area contributed by atoms with E-state index in [1.165, 1.54) is 23.1 Å². The predicted octanol–water partition coefficient (Wildman–Crippen LogP) is 4.88.